The summed E-state index contributed by atoms with van der Waals surface area (Å²) in [4.78, 5) is 21.4. The van der Waals surface area contributed by atoms with Gasteiger partial charge < -0.3 is 15.2 Å². The number of pyridine rings is 2. The van der Waals surface area contributed by atoms with E-state index in [9.17, 15) is 9.90 Å². The molecule has 3 aromatic rings. The highest BCUT2D eigenvalue weighted by molar-refractivity contribution is 5.98. The number of rotatable bonds is 5. The molecule has 0 radical (unpaired) electrons. The average Bonchev–Trinajstić information content (AvgIpc) is 2.69. The molecule has 1 fully saturated rings. The molecule has 4 rings (SSSR count). The lowest BCUT2D eigenvalue weighted by Crippen LogP contribution is -2.41. The van der Waals surface area contributed by atoms with Gasteiger partial charge >= 0.3 is 0 Å². The van der Waals surface area contributed by atoms with E-state index in [2.05, 4.69) is 15.3 Å². The van der Waals surface area contributed by atoms with Gasteiger partial charge in [-0.25, -0.2) is 4.98 Å². The number of fused-ring (bicyclic) bond motifs is 1. The maximum absolute atomic E-state index is 12.9. The Labute approximate surface area is 157 Å². The molecule has 27 heavy (non-hydrogen) atoms. The highest BCUT2D eigenvalue weighted by Crippen LogP contribution is 2.38. The minimum absolute atomic E-state index is 0.150. The Balaban J connectivity index is 1.58. The number of nitrogens with zero attached hydrogens (tertiary/aromatic N) is 2. The summed E-state index contributed by atoms with van der Waals surface area (Å²) in [5.41, 5.74) is 2.34. The Kier molecular flexibility index (Phi) is 4.73. The van der Waals surface area contributed by atoms with E-state index in [4.69, 9.17) is 4.74 Å². The predicted molar refractivity (Wildman–Crippen MR) is 101 cm³/mol. The first-order chi connectivity index (χ1) is 13.1. The molecule has 2 N–H and O–H groups in total. The number of carbonyl (C=O) groups excluding carboxylic acids is 1. The highest BCUT2D eigenvalue weighted by Gasteiger charge is 2.36. The lowest BCUT2D eigenvalue weighted by Gasteiger charge is -2.38. The van der Waals surface area contributed by atoms with Crippen molar-refractivity contribution in [1.29, 1.82) is 0 Å². The second kappa shape index (κ2) is 7.32. The van der Waals surface area contributed by atoms with Crippen molar-refractivity contribution >= 4 is 16.8 Å². The van der Waals surface area contributed by atoms with Crippen molar-refractivity contribution in [3.8, 4) is 5.88 Å². The number of ether oxygens (including phenoxy) is 1. The molecular weight excluding hydrogens is 342 g/mol. The molecule has 1 aromatic carbocycles. The minimum atomic E-state index is -0.299. The van der Waals surface area contributed by atoms with Crippen molar-refractivity contribution in [2.45, 2.75) is 25.0 Å². The SMILES string of the molecule is COc1ccc([C@H](NC(=O)c2ccc3ncccc3c2)C2CC(O)C2)cn1. The summed E-state index contributed by atoms with van der Waals surface area (Å²) in [6.07, 6.45) is 4.49. The number of hydrogen-bond acceptors (Lipinski definition) is 5. The molecule has 0 spiro atoms. The molecule has 1 saturated carbocycles. The quantitative estimate of drug-likeness (QED) is 0.728. The third kappa shape index (κ3) is 3.61. The maximum Gasteiger partial charge on any atom is 0.251 e. The Morgan fingerprint density at radius 1 is 1.22 bits per heavy atom. The zero-order valence-electron chi connectivity index (χ0n) is 15.0. The van der Waals surface area contributed by atoms with E-state index in [1.165, 1.54) is 0 Å². The lowest BCUT2D eigenvalue weighted by atomic mass is 9.75. The zero-order chi connectivity index (χ0) is 18.8. The van der Waals surface area contributed by atoms with Gasteiger partial charge in [0.15, 0.2) is 0 Å². The van der Waals surface area contributed by atoms with Crippen molar-refractivity contribution < 1.29 is 14.6 Å². The number of aromatic nitrogens is 2. The molecule has 0 bridgehead atoms. The van der Waals surface area contributed by atoms with E-state index < -0.39 is 0 Å². The summed E-state index contributed by atoms with van der Waals surface area (Å²) in [6, 6.07) is 12.8. The third-order valence-corrected chi connectivity index (χ3v) is 5.10. The van der Waals surface area contributed by atoms with Gasteiger partial charge in [-0.2, -0.15) is 0 Å². The van der Waals surface area contributed by atoms with Gasteiger partial charge in [0.05, 0.1) is 24.8 Å². The van der Waals surface area contributed by atoms with E-state index in [1.807, 2.05) is 30.3 Å². The van der Waals surface area contributed by atoms with Gasteiger partial charge in [-0.1, -0.05) is 12.1 Å². The first-order valence-electron chi connectivity index (χ1n) is 8.97. The standard InChI is InChI=1S/C21H21N3O3/c1-27-19-7-5-15(12-23-19)20(16-10-17(25)11-16)24-21(26)14-4-6-18-13(9-14)3-2-8-22-18/h2-9,12,16-17,20,25H,10-11H2,1H3,(H,24,26)/t16?,17?,20-/m0/s1. The van der Waals surface area contributed by atoms with Crippen molar-refractivity contribution in [3.05, 3.63) is 66.0 Å². The number of aliphatic hydroxyl groups excluding tert-OH is 1. The average molecular weight is 363 g/mol. The molecule has 0 unspecified atom stereocenters. The van der Waals surface area contributed by atoms with Crippen LogP contribution in [0.15, 0.2) is 54.9 Å². The summed E-state index contributed by atoms with van der Waals surface area (Å²) >= 11 is 0. The maximum atomic E-state index is 12.9. The number of amides is 1. The molecule has 2 aromatic heterocycles. The van der Waals surface area contributed by atoms with Crippen LogP contribution in [-0.4, -0.2) is 34.2 Å². The van der Waals surface area contributed by atoms with Gasteiger partial charge in [0.1, 0.15) is 0 Å². The fourth-order valence-electron chi connectivity index (χ4n) is 3.51. The van der Waals surface area contributed by atoms with Crippen LogP contribution in [0.4, 0.5) is 0 Å². The van der Waals surface area contributed by atoms with Gasteiger partial charge in [-0.3, -0.25) is 9.78 Å². The molecule has 1 aliphatic rings. The molecule has 138 valence electrons. The highest BCUT2D eigenvalue weighted by atomic mass is 16.5. The first-order valence-corrected chi connectivity index (χ1v) is 8.97. The van der Waals surface area contributed by atoms with Gasteiger partial charge in [0.2, 0.25) is 5.88 Å². The second-order valence-electron chi connectivity index (χ2n) is 6.88. The van der Waals surface area contributed by atoms with Crippen molar-refractivity contribution in [3.63, 3.8) is 0 Å². The first kappa shape index (κ1) is 17.4. The predicted octanol–water partition coefficient (Wildman–Crippen LogP) is 2.88. The summed E-state index contributed by atoms with van der Waals surface area (Å²) in [5, 5.41) is 13.8. The second-order valence-corrected chi connectivity index (χ2v) is 6.88. The van der Waals surface area contributed by atoms with Crippen LogP contribution in [0.5, 0.6) is 5.88 Å². The fourth-order valence-corrected chi connectivity index (χ4v) is 3.51. The van der Waals surface area contributed by atoms with Crippen molar-refractivity contribution in [2.24, 2.45) is 5.92 Å². The topological polar surface area (TPSA) is 84.3 Å². The van der Waals surface area contributed by atoms with Crippen LogP contribution in [0.1, 0.15) is 34.8 Å². The van der Waals surface area contributed by atoms with Gasteiger partial charge in [-0.05, 0) is 48.6 Å². The lowest BCUT2D eigenvalue weighted by molar-refractivity contribution is 0.0234. The molecule has 0 saturated heterocycles. The Bertz CT molecular complexity index is 952. The smallest absolute Gasteiger partial charge is 0.251 e. The zero-order valence-corrected chi connectivity index (χ0v) is 15.0. The van der Waals surface area contributed by atoms with Crippen LogP contribution < -0.4 is 10.1 Å². The summed E-state index contributed by atoms with van der Waals surface area (Å²) in [5.74, 6) is 0.559. The van der Waals surface area contributed by atoms with E-state index >= 15 is 0 Å². The fraction of sp³-hybridized carbons (Fsp3) is 0.286. The molecule has 2 heterocycles. The van der Waals surface area contributed by atoms with Crippen LogP contribution in [0, 0.1) is 5.92 Å². The van der Waals surface area contributed by atoms with Crippen LogP contribution in [0.2, 0.25) is 0 Å². The normalized spacial score (nSPS) is 19.9. The van der Waals surface area contributed by atoms with Gasteiger partial charge in [0.25, 0.3) is 5.91 Å². The van der Waals surface area contributed by atoms with E-state index in [-0.39, 0.29) is 24.0 Å². The Morgan fingerprint density at radius 2 is 2.07 bits per heavy atom. The largest absolute Gasteiger partial charge is 0.481 e. The number of hydrogen-bond donors (Lipinski definition) is 2. The van der Waals surface area contributed by atoms with Crippen molar-refractivity contribution in [2.75, 3.05) is 7.11 Å². The van der Waals surface area contributed by atoms with Crippen LogP contribution >= 0.6 is 0 Å². The van der Waals surface area contributed by atoms with E-state index in [0.29, 0.717) is 24.3 Å². The summed E-state index contributed by atoms with van der Waals surface area (Å²) < 4.78 is 5.11. The number of aliphatic hydroxyl groups is 1. The molecule has 1 atom stereocenters. The summed E-state index contributed by atoms with van der Waals surface area (Å²) in [7, 11) is 1.57. The molecule has 1 aliphatic carbocycles. The summed E-state index contributed by atoms with van der Waals surface area (Å²) in [6.45, 7) is 0. The van der Waals surface area contributed by atoms with Crippen molar-refractivity contribution in [1.82, 2.24) is 15.3 Å². The Morgan fingerprint density at radius 3 is 2.78 bits per heavy atom. The van der Waals surface area contributed by atoms with Crippen LogP contribution in [0.25, 0.3) is 10.9 Å². The minimum Gasteiger partial charge on any atom is -0.481 e. The Hall–Kier alpha value is -2.99. The number of benzene rings is 1. The monoisotopic (exact) mass is 363 g/mol. The van der Waals surface area contributed by atoms with E-state index in [0.717, 1.165) is 16.5 Å². The third-order valence-electron chi connectivity index (χ3n) is 5.10. The van der Waals surface area contributed by atoms with Crippen LogP contribution in [0.3, 0.4) is 0 Å². The van der Waals surface area contributed by atoms with E-state index in [1.54, 1.807) is 31.6 Å². The number of nitrogens with one attached hydrogen (secondary N) is 1. The molecule has 6 heteroatoms. The van der Waals surface area contributed by atoms with Gasteiger partial charge in [0, 0.05) is 29.4 Å². The number of methoxy groups -OCH3 is 1. The van der Waals surface area contributed by atoms with Crippen LogP contribution in [-0.2, 0) is 0 Å². The molecule has 0 aliphatic heterocycles. The number of carbonyl (C=O) groups is 1. The molecule has 1 amide bonds. The molecule has 6 nitrogen and oxygen atoms in total. The molecular formula is C21H21N3O3. The van der Waals surface area contributed by atoms with Gasteiger partial charge in [-0.15, -0.1) is 0 Å².